The molecule has 1 fully saturated rings. The van der Waals surface area contributed by atoms with Crippen molar-refractivity contribution in [2.75, 3.05) is 13.1 Å². The summed E-state index contributed by atoms with van der Waals surface area (Å²) in [6, 6.07) is 11.1. The zero-order valence-electron chi connectivity index (χ0n) is 13.8. The van der Waals surface area contributed by atoms with Crippen LogP contribution in [0, 0.1) is 0 Å². The average molecular weight is 339 g/mol. The van der Waals surface area contributed by atoms with E-state index in [1.165, 1.54) is 17.5 Å². The summed E-state index contributed by atoms with van der Waals surface area (Å²) in [5.41, 5.74) is 3.88. The summed E-state index contributed by atoms with van der Waals surface area (Å²) in [7, 11) is 0. The molecule has 5 heteroatoms. The molecule has 0 radical (unpaired) electrons. The number of benzene rings is 1. The van der Waals surface area contributed by atoms with Crippen LogP contribution in [0.5, 0.6) is 0 Å². The molecule has 1 aromatic carbocycles. The Labute approximate surface area is 146 Å². The number of nitrogens with zero attached hydrogens (tertiary/aromatic N) is 3. The Morgan fingerprint density at radius 1 is 1.25 bits per heavy atom. The van der Waals surface area contributed by atoms with Crippen LogP contribution in [0.4, 0.5) is 0 Å². The lowest BCUT2D eigenvalue weighted by molar-refractivity contribution is 0.265. The molecule has 2 aromatic heterocycles. The third kappa shape index (κ3) is 3.28. The van der Waals surface area contributed by atoms with Crippen molar-refractivity contribution in [3.8, 4) is 11.4 Å². The molecule has 1 unspecified atom stereocenters. The van der Waals surface area contributed by atoms with Gasteiger partial charge in [-0.15, -0.1) is 0 Å². The Kier molecular flexibility index (Phi) is 4.45. The van der Waals surface area contributed by atoms with E-state index in [1.54, 1.807) is 11.3 Å². The Balaban J connectivity index is 1.38. The first-order valence-corrected chi connectivity index (χ1v) is 9.42. The number of thiophene rings is 1. The van der Waals surface area contributed by atoms with E-state index < -0.39 is 0 Å². The van der Waals surface area contributed by atoms with Crippen molar-refractivity contribution in [2.24, 2.45) is 0 Å². The van der Waals surface area contributed by atoms with Crippen molar-refractivity contribution in [2.45, 2.75) is 32.2 Å². The van der Waals surface area contributed by atoms with E-state index in [2.05, 4.69) is 46.2 Å². The smallest absolute Gasteiger partial charge is 0.241 e. The number of hydrogen-bond acceptors (Lipinski definition) is 5. The lowest BCUT2D eigenvalue weighted by Crippen LogP contribution is -2.20. The predicted octanol–water partition coefficient (Wildman–Crippen LogP) is 4.35. The third-order valence-electron chi connectivity index (χ3n) is 4.74. The summed E-state index contributed by atoms with van der Waals surface area (Å²) in [5, 5.41) is 8.16. The lowest BCUT2D eigenvalue weighted by Gasteiger charge is -2.14. The molecule has 0 amide bonds. The van der Waals surface area contributed by atoms with Gasteiger partial charge in [-0.3, -0.25) is 4.90 Å². The van der Waals surface area contributed by atoms with Crippen LogP contribution in [0.3, 0.4) is 0 Å². The summed E-state index contributed by atoms with van der Waals surface area (Å²) in [6.07, 6.45) is 2.29. The Morgan fingerprint density at radius 3 is 2.88 bits per heavy atom. The van der Waals surface area contributed by atoms with Gasteiger partial charge < -0.3 is 4.52 Å². The molecule has 4 rings (SSSR count). The van der Waals surface area contributed by atoms with Gasteiger partial charge in [0.1, 0.15) is 0 Å². The molecule has 0 saturated carbocycles. The fourth-order valence-electron chi connectivity index (χ4n) is 3.29. The van der Waals surface area contributed by atoms with E-state index in [1.807, 2.05) is 16.8 Å². The Bertz CT molecular complexity index is 779. The molecule has 1 saturated heterocycles. The first kappa shape index (κ1) is 15.5. The number of aryl methyl sites for hydroxylation is 1. The maximum atomic E-state index is 5.42. The summed E-state index contributed by atoms with van der Waals surface area (Å²) in [6.45, 7) is 5.07. The van der Waals surface area contributed by atoms with Gasteiger partial charge in [0.05, 0.1) is 6.54 Å². The maximum Gasteiger partial charge on any atom is 0.241 e. The van der Waals surface area contributed by atoms with Gasteiger partial charge >= 0.3 is 0 Å². The van der Waals surface area contributed by atoms with Crippen LogP contribution in [-0.2, 0) is 13.0 Å². The molecule has 3 heterocycles. The molecular weight excluding hydrogens is 318 g/mol. The Morgan fingerprint density at radius 2 is 2.12 bits per heavy atom. The number of likely N-dealkylation sites (tertiary alicyclic amines) is 1. The number of hydrogen-bond donors (Lipinski definition) is 0. The van der Waals surface area contributed by atoms with Crippen LogP contribution in [0.2, 0.25) is 0 Å². The van der Waals surface area contributed by atoms with Crippen molar-refractivity contribution in [1.82, 2.24) is 15.0 Å². The molecule has 124 valence electrons. The Hall–Kier alpha value is -1.98. The maximum absolute atomic E-state index is 5.42. The summed E-state index contributed by atoms with van der Waals surface area (Å²) in [5.74, 6) is 2.01. The van der Waals surface area contributed by atoms with Gasteiger partial charge in [0.25, 0.3) is 0 Å². The fourth-order valence-corrected chi connectivity index (χ4v) is 3.93. The van der Waals surface area contributed by atoms with Crippen LogP contribution < -0.4 is 0 Å². The van der Waals surface area contributed by atoms with E-state index in [0.29, 0.717) is 17.6 Å². The summed E-state index contributed by atoms with van der Waals surface area (Å²) >= 11 is 1.64. The summed E-state index contributed by atoms with van der Waals surface area (Å²) in [4.78, 5) is 6.93. The van der Waals surface area contributed by atoms with Crippen molar-refractivity contribution in [3.63, 3.8) is 0 Å². The van der Waals surface area contributed by atoms with Crippen LogP contribution >= 0.6 is 11.3 Å². The minimum Gasteiger partial charge on any atom is -0.338 e. The zero-order valence-corrected chi connectivity index (χ0v) is 14.6. The minimum absolute atomic E-state index is 0.607. The normalized spacial score (nSPS) is 18.3. The first-order chi connectivity index (χ1) is 11.8. The molecule has 1 atom stereocenters. The molecule has 0 aliphatic carbocycles. The van der Waals surface area contributed by atoms with Gasteiger partial charge in [0, 0.05) is 17.5 Å². The number of aromatic nitrogens is 2. The van der Waals surface area contributed by atoms with E-state index >= 15 is 0 Å². The predicted molar refractivity (Wildman–Crippen MR) is 96.1 cm³/mol. The van der Waals surface area contributed by atoms with E-state index in [4.69, 9.17) is 4.52 Å². The standard InChI is InChI=1S/C19H21N3OS/c1-2-14-3-5-15(6-4-14)16-7-9-22(11-16)12-18-20-19(21-23-18)17-8-10-24-13-17/h3-6,8,10,13,16H,2,7,9,11-12H2,1H3. The second-order valence-electron chi connectivity index (χ2n) is 6.34. The SMILES string of the molecule is CCc1ccc(C2CCN(Cc3nc(-c4ccsc4)no3)C2)cc1. The van der Waals surface area contributed by atoms with Gasteiger partial charge in [-0.05, 0) is 47.9 Å². The van der Waals surface area contributed by atoms with E-state index in [9.17, 15) is 0 Å². The quantitative estimate of drug-likeness (QED) is 0.693. The van der Waals surface area contributed by atoms with Crippen molar-refractivity contribution in [3.05, 3.63) is 58.1 Å². The molecule has 1 aliphatic heterocycles. The van der Waals surface area contributed by atoms with Gasteiger partial charge in [0.2, 0.25) is 11.7 Å². The van der Waals surface area contributed by atoms with Crippen molar-refractivity contribution >= 4 is 11.3 Å². The highest BCUT2D eigenvalue weighted by molar-refractivity contribution is 7.08. The van der Waals surface area contributed by atoms with Crippen LogP contribution in [0.1, 0.15) is 36.3 Å². The second kappa shape index (κ2) is 6.87. The van der Waals surface area contributed by atoms with E-state index in [0.717, 1.165) is 31.6 Å². The van der Waals surface area contributed by atoms with Crippen LogP contribution in [0.15, 0.2) is 45.6 Å². The molecule has 4 nitrogen and oxygen atoms in total. The highest BCUT2D eigenvalue weighted by Crippen LogP contribution is 2.28. The molecular formula is C19H21N3OS. The summed E-state index contributed by atoms with van der Waals surface area (Å²) < 4.78 is 5.42. The second-order valence-corrected chi connectivity index (χ2v) is 7.12. The molecule has 0 bridgehead atoms. The molecule has 24 heavy (non-hydrogen) atoms. The zero-order chi connectivity index (χ0) is 16.4. The fraction of sp³-hybridized carbons (Fsp3) is 0.368. The highest BCUT2D eigenvalue weighted by Gasteiger charge is 2.25. The topological polar surface area (TPSA) is 42.2 Å². The van der Waals surface area contributed by atoms with Gasteiger partial charge in [0.15, 0.2) is 0 Å². The van der Waals surface area contributed by atoms with Gasteiger partial charge in [-0.25, -0.2) is 0 Å². The molecule has 3 aromatic rings. The molecule has 0 N–H and O–H groups in total. The molecule has 0 spiro atoms. The first-order valence-electron chi connectivity index (χ1n) is 8.48. The molecule has 1 aliphatic rings. The average Bonchev–Trinajstić information content (AvgIpc) is 3.37. The third-order valence-corrected chi connectivity index (χ3v) is 5.42. The van der Waals surface area contributed by atoms with Crippen LogP contribution in [0.25, 0.3) is 11.4 Å². The van der Waals surface area contributed by atoms with Crippen LogP contribution in [-0.4, -0.2) is 28.1 Å². The van der Waals surface area contributed by atoms with E-state index in [-0.39, 0.29) is 0 Å². The largest absolute Gasteiger partial charge is 0.338 e. The lowest BCUT2D eigenvalue weighted by atomic mass is 9.97. The monoisotopic (exact) mass is 339 g/mol. The van der Waals surface area contributed by atoms with Crippen molar-refractivity contribution in [1.29, 1.82) is 0 Å². The number of rotatable bonds is 5. The van der Waals surface area contributed by atoms with Crippen molar-refractivity contribution < 1.29 is 4.52 Å². The highest BCUT2D eigenvalue weighted by atomic mass is 32.1. The minimum atomic E-state index is 0.607. The van der Waals surface area contributed by atoms with Gasteiger partial charge in [-0.2, -0.15) is 16.3 Å². The van der Waals surface area contributed by atoms with Gasteiger partial charge in [-0.1, -0.05) is 36.3 Å².